The molecule has 0 spiro atoms. The van der Waals surface area contributed by atoms with Crippen LogP contribution < -0.4 is 10.1 Å². The molecule has 10 nitrogen and oxygen atoms in total. The first-order valence-corrected chi connectivity index (χ1v) is 11.8. The number of fused-ring (bicyclic) bond motifs is 1. The molecule has 1 unspecified atom stereocenters. The lowest BCUT2D eigenvalue weighted by Gasteiger charge is -2.35. The minimum Gasteiger partial charge on any atom is -0.434 e. The van der Waals surface area contributed by atoms with Crippen LogP contribution in [0.3, 0.4) is 0 Å². The zero-order chi connectivity index (χ0) is 25.8. The molecular weight excluding hydrogens is 466 g/mol. The van der Waals surface area contributed by atoms with Gasteiger partial charge < -0.3 is 19.7 Å². The molecule has 0 bridgehead atoms. The van der Waals surface area contributed by atoms with Gasteiger partial charge >= 0.3 is 6.16 Å². The van der Waals surface area contributed by atoms with E-state index in [-0.39, 0.29) is 30.2 Å². The summed E-state index contributed by atoms with van der Waals surface area (Å²) in [4.78, 5) is 65.1. The highest BCUT2D eigenvalue weighted by Gasteiger charge is 2.42. The number of hydrogen-bond acceptors (Lipinski definition) is 7. The molecule has 188 valence electrons. The quantitative estimate of drug-likeness (QED) is 0.373. The predicted molar refractivity (Wildman–Crippen MR) is 128 cm³/mol. The number of nitrogens with one attached hydrogen (secondary N) is 1. The first kappa shape index (κ1) is 24.9. The highest BCUT2D eigenvalue weighted by molar-refractivity contribution is 6.22. The Morgan fingerprint density at radius 3 is 2.11 bits per heavy atom. The van der Waals surface area contributed by atoms with E-state index in [2.05, 4.69) is 5.32 Å². The molecule has 0 aromatic heterocycles. The van der Waals surface area contributed by atoms with E-state index < -0.39 is 24.0 Å². The number of hydrogen-bond donors (Lipinski definition) is 1. The summed E-state index contributed by atoms with van der Waals surface area (Å²) < 4.78 is 9.70. The van der Waals surface area contributed by atoms with Crippen molar-refractivity contribution in [2.45, 2.75) is 38.8 Å². The molecule has 1 atom stereocenters. The number of nitrogens with zero attached hydrogens (tertiary/aromatic N) is 2. The van der Waals surface area contributed by atoms with Gasteiger partial charge in [-0.3, -0.25) is 24.1 Å². The fourth-order valence-corrected chi connectivity index (χ4v) is 4.37. The van der Waals surface area contributed by atoms with Crippen LogP contribution in [-0.2, 0) is 9.53 Å². The van der Waals surface area contributed by atoms with Gasteiger partial charge in [0.05, 0.1) is 17.7 Å². The Balaban J connectivity index is 1.28. The fourth-order valence-electron chi connectivity index (χ4n) is 4.37. The highest BCUT2D eigenvalue weighted by atomic mass is 16.7. The third-order valence-corrected chi connectivity index (χ3v) is 6.29. The van der Waals surface area contributed by atoms with Crippen molar-refractivity contribution in [2.24, 2.45) is 0 Å². The molecule has 2 aromatic rings. The fraction of sp³-hybridized carbons (Fsp3) is 0.346. The Labute approximate surface area is 208 Å². The largest absolute Gasteiger partial charge is 0.513 e. The van der Waals surface area contributed by atoms with Gasteiger partial charge in [-0.25, -0.2) is 4.79 Å². The van der Waals surface area contributed by atoms with Gasteiger partial charge in [0.2, 0.25) is 5.91 Å². The SMILES string of the molecule is CCOC(=O)Oc1ccc(C(=O)NC2CCN(C(=O)C(C)N3C(=O)c4ccccc4C3=O)CC2)cc1. The molecule has 1 N–H and O–H groups in total. The second kappa shape index (κ2) is 10.6. The van der Waals surface area contributed by atoms with Crippen molar-refractivity contribution < 1.29 is 33.4 Å². The number of likely N-dealkylation sites (tertiary alicyclic amines) is 1. The van der Waals surface area contributed by atoms with E-state index in [1.807, 2.05) is 0 Å². The lowest BCUT2D eigenvalue weighted by atomic mass is 10.0. The van der Waals surface area contributed by atoms with Crippen LogP contribution in [0.2, 0.25) is 0 Å². The number of imide groups is 1. The molecule has 4 amide bonds. The summed E-state index contributed by atoms with van der Waals surface area (Å²) in [5, 5.41) is 2.96. The average Bonchev–Trinajstić information content (AvgIpc) is 3.14. The van der Waals surface area contributed by atoms with Crippen molar-refractivity contribution >= 4 is 29.8 Å². The van der Waals surface area contributed by atoms with Crippen LogP contribution in [0.5, 0.6) is 5.75 Å². The molecule has 0 aliphatic carbocycles. The van der Waals surface area contributed by atoms with Crippen molar-refractivity contribution in [3.63, 3.8) is 0 Å². The number of piperidine rings is 1. The number of amides is 4. The normalized spacial score (nSPS) is 16.4. The summed E-state index contributed by atoms with van der Waals surface area (Å²) in [5.41, 5.74) is 1.03. The van der Waals surface area contributed by atoms with E-state index in [0.29, 0.717) is 42.6 Å². The zero-order valence-corrected chi connectivity index (χ0v) is 20.1. The Hall–Kier alpha value is -4.21. The van der Waals surface area contributed by atoms with Gasteiger partial charge in [-0.15, -0.1) is 0 Å². The molecule has 10 heteroatoms. The molecule has 2 aliphatic heterocycles. The van der Waals surface area contributed by atoms with Crippen LogP contribution in [0.15, 0.2) is 48.5 Å². The number of ether oxygens (including phenoxy) is 2. The van der Waals surface area contributed by atoms with Crippen molar-refractivity contribution in [1.29, 1.82) is 0 Å². The molecule has 1 saturated heterocycles. The van der Waals surface area contributed by atoms with Crippen LogP contribution in [0.4, 0.5) is 4.79 Å². The van der Waals surface area contributed by atoms with E-state index in [1.165, 1.54) is 12.1 Å². The summed E-state index contributed by atoms with van der Waals surface area (Å²) in [7, 11) is 0. The molecule has 2 aromatic carbocycles. The predicted octanol–water partition coefficient (Wildman–Crippen LogP) is 2.63. The molecule has 2 heterocycles. The van der Waals surface area contributed by atoms with Crippen molar-refractivity contribution in [1.82, 2.24) is 15.1 Å². The maximum atomic E-state index is 13.1. The molecule has 36 heavy (non-hydrogen) atoms. The monoisotopic (exact) mass is 493 g/mol. The van der Waals surface area contributed by atoms with Gasteiger partial charge in [-0.05, 0) is 63.1 Å². The van der Waals surface area contributed by atoms with Gasteiger partial charge in [0, 0.05) is 24.7 Å². The Kier molecular flexibility index (Phi) is 7.33. The second-order valence-electron chi connectivity index (χ2n) is 8.58. The lowest BCUT2D eigenvalue weighted by Crippen LogP contribution is -2.53. The third-order valence-electron chi connectivity index (χ3n) is 6.29. The highest BCUT2D eigenvalue weighted by Crippen LogP contribution is 2.25. The van der Waals surface area contributed by atoms with E-state index in [4.69, 9.17) is 9.47 Å². The van der Waals surface area contributed by atoms with Crippen molar-refractivity contribution in [2.75, 3.05) is 19.7 Å². The minimum absolute atomic E-state index is 0.133. The minimum atomic E-state index is -0.918. The zero-order valence-electron chi connectivity index (χ0n) is 20.1. The molecule has 0 radical (unpaired) electrons. The number of benzene rings is 2. The Morgan fingerprint density at radius 2 is 1.56 bits per heavy atom. The van der Waals surface area contributed by atoms with Crippen molar-refractivity contribution in [3.8, 4) is 5.75 Å². The number of carbonyl (C=O) groups is 5. The van der Waals surface area contributed by atoms with Crippen LogP contribution in [0.1, 0.15) is 57.8 Å². The Morgan fingerprint density at radius 1 is 0.972 bits per heavy atom. The molecule has 0 saturated carbocycles. The summed E-state index contributed by atoms with van der Waals surface area (Å²) >= 11 is 0. The van der Waals surface area contributed by atoms with Gasteiger partial charge in [0.25, 0.3) is 17.7 Å². The summed E-state index contributed by atoms with van der Waals surface area (Å²) in [5.74, 6) is -1.23. The van der Waals surface area contributed by atoms with Gasteiger partial charge in [-0.2, -0.15) is 0 Å². The number of rotatable bonds is 6. The van der Waals surface area contributed by atoms with Crippen LogP contribution in [-0.4, -0.2) is 71.4 Å². The van der Waals surface area contributed by atoms with Gasteiger partial charge in [-0.1, -0.05) is 12.1 Å². The Bertz CT molecular complexity index is 1150. The summed E-state index contributed by atoms with van der Waals surface area (Å²) in [6.45, 7) is 4.22. The van der Waals surface area contributed by atoms with E-state index >= 15 is 0 Å². The van der Waals surface area contributed by atoms with Gasteiger partial charge in [0.1, 0.15) is 11.8 Å². The topological polar surface area (TPSA) is 122 Å². The third kappa shape index (κ3) is 5.07. The van der Waals surface area contributed by atoms with E-state index in [1.54, 1.807) is 55.1 Å². The standard InChI is InChI=1S/C26H27N3O7/c1-3-35-26(34)36-19-10-8-17(9-11-19)22(30)27-18-12-14-28(15-13-18)23(31)16(2)29-24(32)20-6-4-5-7-21(20)25(29)33/h4-11,16,18H,3,12-15H2,1-2H3,(H,27,30). The van der Waals surface area contributed by atoms with E-state index in [0.717, 1.165) is 4.90 Å². The van der Waals surface area contributed by atoms with Crippen molar-refractivity contribution in [3.05, 3.63) is 65.2 Å². The smallest absolute Gasteiger partial charge is 0.434 e. The first-order valence-electron chi connectivity index (χ1n) is 11.8. The molecular formula is C26H27N3O7. The maximum absolute atomic E-state index is 13.1. The average molecular weight is 494 g/mol. The lowest BCUT2D eigenvalue weighted by molar-refractivity contribution is -0.136. The summed E-state index contributed by atoms with van der Waals surface area (Å²) in [6.07, 6.45) is 0.264. The first-order chi connectivity index (χ1) is 17.3. The number of carbonyl (C=O) groups excluding carboxylic acids is 5. The summed E-state index contributed by atoms with van der Waals surface area (Å²) in [6, 6.07) is 11.6. The van der Waals surface area contributed by atoms with Crippen LogP contribution in [0.25, 0.3) is 0 Å². The van der Waals surface area contributed by atoms with Crippen LogP contribution in [0, 0.1) is 0 Å². The molecule has 1 fully saturated rings. The van der Waals surface area contributed by atoms with Gasteiger partial charge in [0.15, 0.2) is 0 Å². The maximum Gasteiger partial charge on any atom is 0.513 e. The van der Waals surface area contributed by atoms with E-state index in [9.17, 15) is 24.0 Å². The molecule has 2 aliphatic rings. The van der Waals surface area contributed by atoms with Crippen LogP contribution >= 0.6 is 0 Å². The molecule has 4 rings (SSSR count). The second-order valence-corrected chi connectivity index (χ2v) is 8.58.